The van der Waals surface area contributed by atoms with Gasteiger partial charge in [0.05, 0.1) is 54.3 Å². The van der Waals surface area contributed by atoms with Gasteiger partial charge in [0.1, 0.15) is 29.8 Å². The zero-order valence-corrected chi connectivity index (χ0v) is 23.4. The number of hydrogen-bond donors (Lipinski definition) is 0. The van der Waals surface area contributed by atoms with E-state index in [0.717, 1.165) is 25.3 Å². The van der Waals surface area contributed by atoms with Crippen molar-refractivity contribution in [3.63, 3.8) is 0 Å². The molecule has 3 aromatic heterocycles. The number of aromatic nitrogens is 6. The van der Waals surface area contributed by atoms with Crippen LogP contribution in [0.3, 0.4) is 0 Å². The highest BCUT2D eigenvalue weighted by atomic mass is 19.1. The van der Waals surface area contributed by atoms with Crippen molar-refractivity contribution < 1.29 is 27.8 Å². The number of nitrogens with zero attached hydrogens (tertiary/aromatic N) is 6. The second-order valence-electron chi connectivity index (χ2n) is 10.8. The molecule has 0 amide bonds. The first-order valence-corrected chi connectivity index (χ1v) is 14.1. The van der Waals surface area contributed by atoms with E-state index in [1.807, 2.05) is 15.4 Å². The van der Waals surface area contributed by atoms with E-state index in [-0.39, 0.29) is 41.8 Å². The molecule has 220 valence electrons. The summed E-state index contributed by atoms with van der Waals surface area (Å²) in [5.41, 5.74) is 2.78. The Bertz CT molecular complexity index is 1830. The van der Waals surface area contributed by atoms with Gasteiger partial charge in [0.15, 0.2) is 0 Å². The summed E-state index contributed by atoms with van der Waals surface area (Å²) < 4.78 is 51.0. The molecule has 5 aromatic rings. The number of rotatable bonds is 10. The van der Waals surface area contributed by atoms with Crippen molar-refractivity contribution in [3.05, 3.63) is 89.0 Å². The molecular weight excluding hydrogens is 558 g/mol. The molecular formula is C31H28F2N6O4. The third-order valence-corrected chi connectivity index (χ3v) is 7.76. The zero-order chi connectivity index (χ0) is 29.5. The summed E-state index contributed by atoms with van der Waals surface area (Å²) in [4.78, 5) is 21.2. The van der Waals surface area contributed by atoms with Crippen LogP contribution < -0.4 is 4.74 Å². The van der Waals surface area contributed by atoms with Crippen LogP contribution in [-0.4, -0.2) is 55.3 Å². The molecule has 1 atom stereocenters. The van der Waals surface area contributed by atoms with Crippen LogP contribution >= 0.6 is 0 Å². The van der Waals surface area contributed by atoms with Gasteiger partial charge in [0, 0.05) is 24.7 Å². The second kappa shape index (κ2) is 11.2. The van der Waals surface area contributed by atoms with Gasteiger partial charge in [-0.2, -0.15) is 0 Å². The largest absolute Gasteiger partial charge is 0.471 e. The third-order valence-electron chi connectivity index (χ3n) is 7.76. The number of ether oxygens (including phenoxy) is 3. The molecule has 43 heavy (non-hydrogen) atoms. The summed E-state index contributed by atoms with van der Waals surface area (Å²) in [6.45, 7) is 1.31. The molecule has 0 unspecified atom stereocenters. The molecule has 1 saturated carbocycles. The van der Waals surface area contributed by atoms with Crippen LogP contribution in [0.25, 0.3) is 22.3 Å². The Labute approximate surface area is 245 Å². The van der Waals surface area contributed by atoms with Gasteiger partial charge >= 0.3 is 5.97 Å². The lowest BCUT2D eigenvalue weighted by molar-refractivity contribution is -0.0589. The van der Waals surface area contributed by atoms with Crippen LogP contribution in [0.4, 0.5) is 8.78 Å². The number of pyridine rings is 1. The molecule has 10 nitrogen and oxygen atoms in total. The van der Waals surface area contributed by atoms with Gasteiger partial charge in [0.2, 0.25) is 5.88 Å². The molecule has 2 fully saturated rings. The SMILES string of the molecule is COC(=O)c1ccc2nc(Cc3cc(F)c(-c4cccc(OCc5cn(C6CC6)nn5)n4)cc3F)n(C[C@@H]3CCO3)c2c1. The topological polar surface area (TPSA) is 106 Å². The van der Waals surface area contributed by atoms with Crippen LogP contribution in [0.2, 0.25) is 0 Å². The first kappa shape index (κ1) is 27.1. The quantitative estimate of drug-likeness (QED) is 0.210. The van der Waals surface area contributed by atoms with E-state index in [4.69, 9.17) is 19.2 Å². The summed E-state index contributed by atoms with van der Waals surface area (Å²) in [5, 5.41) is 8.23. The van der Waals surface area contributed by atoms with Gasteiger partial charge in [0.25, 0.3) is 0 Å². The van der Waals surface area contributed by atoms with Crippen LogP contribution in [-0.2, 0) is 29.0 Å². The first-order valence-electron chi connectivity index (χ1n) is 14.1. The monoisotopic (exact) mass is 586 g/mol. The Kier molecular flexibility index (Phi) is 7.05. The van der Waals surface area contributed by atoms with E-state index in [0.29, 0.717) is 47.3 Å². The highest BCUT2D eigenvalue weighted by Crippen LogP contribution is 2.34. The third kappa shape index (κ3) is 5.57. The Balaban J connectivity index is 1.14. The normalized spacial score (nSPS) is 16.3. The minimum Gasteiger partial charge on any atom is -0.471 e. The lowest BCUT2D eigenvalue weighted by Gasteiger charge is -2.27. The minimum atomic E-state index is -0.619. The lowest BCUT2D eigenvalue weighted by atomic mass is 10.0. The van der Waals surface area contributed by atoms with Gasteiger partial charge in [-0.3, -0.25) is 0 Å². The number of carbonyl (C=O) groups is 1. The fraction of sp³-hybridized carbons (Fsp3) is 0.323. The van der Waals surface area contributed by atoms with Crippen molar-refractivity contribution >= 4 is 17.0 Å². The number of benzene rings is 2. The maximum absolute atomic E-state index is 15.5. The van der Waals surface area contributed by atoms with Crippen LogP contribution in [0, 0.1) is 11.6 Å². The van der Waals surface area contributed by atoms with E-state index >= 15 is 8.78 Å². The smallest absolute Gasteiger partial charge is 0.337 e. The van der Waals surface area contributed by atoms with Crippen LogP contribution in [0.5, 0.6) is 5.88 Å². The lowest BCUT2D eigenvalue weighted by Crippen LogP contribution is -2.31. The van der Waals surface area contributed by atoms with Gasteiger partial charge in [-0.1, -0.05) is 11.3 Å². The minimum absolute atomic E-state index is 0.0190. The standard InChI is InChI=1S/C31H28F2N6O4/c1-41-31(40)18-5-8-27-28(12-18)38(16-22-9-10-42-22)29(34-27)13-19-11-25(33)23(14-24(19)32)26-3-2-4-30(35-26)43-17-20-15-39(37-36-20)21-6-7-21/h2-5,8,11-12,14-15,21-22H,6-7,9-10,13,16-17H2,1H3/t22-/m0/s1. The predicted octanol–water partition coefficient (Wildman–Crippen LogP) is 5.05. The van der Waals surface area contributed by atoms with Crippen molar-refractivity contribution in [2.45, 2.75) is 51.0 Å². The molecule has 2 aromatic carbocycles. The average molecular weight is 587 g/mol. The van der Waals surface area contributed by atoms with E-state index in [1.54, 1.807) is 36.4 Å². The van der Waals surface area contributed by atoms with Crippen molar-refractivity contribution in [2.75, 3.05) is 13.7 Å². The highest BCUT2D eigenvalue weighted by Gasteiger charge is 2.25. The summed E-state index contributed by atoms with van der Waals surface area (Å²) in [6, 6.07) is 12.7. The summed E-state index contributed by atoms with van der Waals surface area (Å²) in [6.07, 6.45) is 4.94. The van der Waals surface area contributed by atoms with Gasteiger partial charge in [-0.25, -0.2) is 28.2 Å². The molecule has 1 saturated heterocycles. The number of hydrogen-bond acceptors (Lipinski definition) is 8. The summed E-state index contributed by atoms with van der Waals surface area (Å²) in [5.74, 6) is -0.878. The molecule has 1 aliphatic carbocycles. The van der Waals surface area contributed by atoms with Crippen molar-refractivity contribution in [1.29, 1.82) is 0 Å². The average Bonchev–Trinajstić information content (AvgIpc) is 3.64. The van der Waals surface area contributed by atoms with Crippen molar-refractivity contribution in [3.8, 4) is 17.1 Å². The van der Waals surface area contributed by atoms with Crippen molar-refractivity contribution in [1.82, 2.24) is 29.5 Å². The van der Waals surface area contributed by atoms with Crippen LogP contribution in [0.15, 0.2) is 54.7 Å². The molecule has 4 heterocycles. The molecule has 0 radical (unpaired) electrons. The number of fused-ring (bicyclic) bond motifs is 1. The molecule has 7 rings (SSSR count). The van der Waals surface area contributed by atoms with E-state index in [2.05, 4.69) is 15.3 Å². The van der Waals surface area contributed by atoms with Gasteiger partial charge < -0.3 is 18.8 Å². The number of carbonyl (C=O) groups excluding carboxylic acids is 1. The van der Waals surface area contributed by atoms with E-state index in [9.17, 15) is 4.79 Å². The van der Waals surface area contributed by atoms with Crippen LogP contribution in [0.1, 0.15) is 52.7 Å². The molecule has 2 aliphatic rings. The number of methoxy groups -OCH3 is 1. The maximum Gasteiger partial charge on any atom is 0.337 e. The summed E-state index contributed by atoms with van der Waals surface area (Å²) >= 11 is 0. The number of halogens is 2. The first-order chi connectivity index (χ1) is 20.9. The van der Waals surface area contributed by atoms with Gasteiger partial charge in [-0.05, 0) is 61.2 Å². The molecule has 12 heteroatoms. The Morgan fingerprint density at radius 1 is 1.07 bits per heavy atom. The van der Waals surface area contributed by atoms with Crippen molar-refractivity contribution in [2.24, 2.45) is 0 Å². The summed E-state index contributed by atoms with van der Waals surface area (Å²) in [7, 11) is 1.32. The molecule has 0 spiro atoms. The fourth-order valence-electron chi connectivity index (χ4n) is 5.17. The van der Waals surface area contributed by atoms with E-state index in [1.165, 1.54) is 13.2 Å². The Morgan fingerprint density at radius 3 is 2.70 bits per heavy atom. The molecule has 0 bridgehead atoms. The second-order valence-corrected chi connectivity index (χ2v) is 10.8. The predicted molar refractivity (Wildman–Crippen MR) is 150 cm³/mol. The van der Waals surface area contributed by atoms with E-state index < -0.39 is 17.6 Å². The zero-order valence-electron chi connectivity index (χ0n) is 23.4. The fourth-order valence-corrected chi connectivity index (χ4v) is 5.17. The van der Waals surface area contributed by atoms with Gasteiger partial charge in [-0.15, -0.1) is 5.10 Å². The number of esters is 1. The molecule has 1 aliphatic heterocycles. The Morgan fingerprint density at radius 2 is 1.93 bits per heavy atom. The maximum atomic E-state index is 15.5. The molecule has 0 N–H and O–H groups in total. The number of imidazole rings is 1. The Hall–Kier alpha value is -4.71. The highest BCUT2D eigenvalue weighted by molar-refractivity contribution is 5.93.